The summed E-state index contributed by atoms with van der Waals surface area (Å²) in [6.45, 7) is 7.84. The minimum atomic E-state index is -0.101. The van der Waals surface area contributed by atoms with Crippen molar-refractivity contribution in [1.29, 1.82) is 0 Å². The number of fused-ring (bicyclic) bond motifs is 2. The highest BCUT2D eigenvalue weighted by Gasteiger charge is 2.61. The first-order valence-electron chi connectivity index (χ1n) is 13.8. The number of phenols is 1. The van der Waals surface area contributed by atoms with Gasteiger partial charge in [0.2, 0.25) is 0 Å². The average molecular weight is 509 g/mol. The maximum absolute atomic E-state index is 12.7. The van der Waals surface area contributed by atoms with Crippen LogP contribution in [0.2, 0.25) is 5.02 Å². The fourth-order valence-electron chi connectivity index (χ4n) is 7.89. The summed E-state index contributed by atoms with van der Waals surface area (Å²) in [5.41, 5.74) is 3.52. The third-order valence-corrected chi connectivity index (χ3v) is 9.72. The first kappa shape index (κ1) is 25.6. The zero-order valence-corrected chi connectivity index (χ0v) is 22.8. The molecule has 2 aromatic rings. The lowest BCUT2D eigenvalue weighted by Gasteiger charge is -2.48. The molecule has 5 rings (SSSR count). The predicted molar refractivity (Wildman–Crippen MR) is 147 cm³/mol. The standard InChI is InChI=1S/C31H41ClN2O2/c1-21-17-30(2,13-6-14-33-29(36)26-7-4-5-8-28(26)32)31(18-21)24(20-34(3)19-22-9-10-22)15-23-11-12-25(35)16-27(23)31/h4-5,7-8,11-12,16,21-22,24,35H,6,9-10,13-15,17-20H2,1-3H3,(H,33,36)/t21-,24?,30?,31?/m0/s1. The lowest BCUT2D eigenvalue weighted by Crippen LogP contribution is -2.47. The molecule has 0 bridgehead atoms. The minimum absolute atomic E-state index is 0.0606. The van der Waals surface area contributed by atoms with Crippen molar-refractivity contribution >= 4 is 17.5 Å². The molecule has 4 atom stereocenters. The summed E-state index contributed by atoms with van der Waals surface area (Å²) in [7, 11) is 2.30. The summed E-state index contributed by atoms with van der Waals surface area (Å²) in [5, 5.41) is 14.1. The van der Waals surface area contributed by atoms with Crippen molar-refractivity contribution in [3.63, 3.8) is 0 Å². The van der Waals surface area contributed by atoms with Crippen molar-refractivity contribution in [3.05, 3.63) is 64.2 Å². The molecule has 1 spiro atoms. The van der Waals surface area contributed by atoms with Crippen molar-refractivity contribution in [2.24, 2.45) is 23.2 Å². The van der Waals surface area contributed by atoms with Gasteiger partial charge in [0.15, 0.2) is 0 Å². The Kier molecular flexibility index (Phi) is 7.13. The van der Waals surface area contributed by atoms with E-state index in [2.05, 4.69) is 43.2 Å². The molecule has 2 aromatic carbocycles. The molecule has 3 aliphatic rings. The van der Waals surface area contributed by atoms with E-state index in [-0.39, 0.29) is 16.7 Å². The van der Waals surface area contributed by atoms with Crippen molar-refractivity contribution in [2.75, 3.05) is 26.7 Å². The van der Waals surface area contributed by atoms with Gasteiger partial charge in [-0.3, -0.25) is 4.79 Å². The van der Waals surface area contributed by atoms with Crippen LogP contribution in [0.15, 0.2) is 42.5 Å². The number of benzene rings is 2. The van der Waals surface area contributed by atoms with Gasteiger partial charge in [-0.1, -0.05) is 43.6 Å². The first-order valence-corrected chi connectivity index (χ1v) is 14.1. The number of aromatic hydroxyl groups is 1. The van der Waals surface area contributed by atoms with Crippen molar-refractivity contribution in [1.82, 2.24) is 10.2 Å². The normalized spacial score (nSPS) is 29.1. The predicted octanol–water partition coefficient (Wildman–Crippen LogP) is 6.44. The monoisotopic (exact) mass is 508 g/mol. The number of nitrogens with zero attached hydrogens (tertiary/aromatic N) is 1. The van der Waals surface area contributed by atoms with Crippen molar-refractivity contribution in [2.45, 2.75) is 64.2 Å². The third-order valence-electron chi connectivity index (χ3n) is 9.39. The molecule has 36 heavy (non-hydrogen) atoms. The molecule has 1 amide bonds. The lowest BCUT2D eigenvalue weighted by molar-refractivity contribution is 0.0812. The molecule has 4 nitrogen and oxygen atoms in total. The molecule has 0 aromatic heterocycles. The Labute approximate surface area is 221 Å². The summed E-state index contributed by atoms with van der Waals surface area (Å²) in [4.78, 5) is 15.3. The van der Waals surface area contributed by atoms with E-state index in [1.807, 2.05) is 18.2 Å². The number of halogens is 1. The van der Waals surface area contributed by atoms with E-state index in [9.17, 15) is 9.90 Å². The molecule has 2 saturated carbocycles. The lowest BCUT2D eigenvalue weighted by atomic mass is 9.57. The summed E-state index contributed by atoms with van der Waals surface area (Å²) in [6.07, 6.45) is 8.19. The molecule has 194 valence electrons. The number of hydrogen-bond donors (Lipinski definition) is 2. The molecular formula is C31H41ClN2O2. The first-order chi connectivity index (χ1) is 17.2. The number of phenolic OH excluding ortho intramolecular Hbond substituents is 1. The van der Waals surface area contributed by atoms with Gasteiger partial charge in [0.1, 0.15) is 5.75 Å². The van der Waals surface area contributed by atoms with E-state index in [1.165, 1.54) is 43.4 Å². The van der Waals surface area contributed by atoms with E-state index >= 15 is 0 Å². The second-order valence-corrected chi connectivity index (χ2v) is 12.7. The summed E-state index contributed by atoms with van der Waals surface area (Å²) in [6, 6.07) is 13.3. The molecule has 0 saturated heterocycles. The van der Waals surface area contributed by atoms with Crippen LogP contribution in [0.4, 0.5) is 0 Å². The fraction of sp³-hybridized carbons (Fsp3) is 0.581. The van der Waals surface area contributed by atoms with Gasteiger partial charge in [0, 0.05) is 25.0 Å². The van der Waals surface area contributed by atoms with Crippen LogP contribution >= 0.6 is 11.6 Å². The van der Waals surface area contributed by atoms with Gasteiger partial charge in [-0.25, -0.2) is 0 Å². The summed E-state index contributed by atoms with van der Waals surface area (Å²) < 4.78 is 0. The zero-order chi connectivity index (χ0) is 25.5. The van der Waals surface area contributed by atoms with Crippen LogP contribution in [0.1, 0.15) is 73.9 Å². The van der Waals surface area contributed by atoms with Crippen LogP contribution in [0.25, 0.3) is 0 Å². The van der Waals surface area contributed by atoms with Crippen molar-refractivity contribution in [3.8, 4) is 5.75 Å². The number of carbonyl (C=O) groups is 1. The Balaban J connectivity index is 1.35. The van der Waals surface area contributed by atoms with Gasteiger partial charge in [-0.15, -0.1) is 0 Å². The molecule has 0 radical (unpaired) electrons. The quantitative estimate of drug-likeness (QED) is 0.383. The Bertz CT molecular complexity index is 1120. The Hall–Kier alpha value is -2.04. The number of amides is 1. The van der Waals surface area contributed by atoms with E-state index in [1.54, 1.807) is 12.1 Å². The molecular weight excluding hydrogens is 468 g/mol. The van der Waals surface area contributed by atoms with Gasteiger partial charge < -0.3 is 15.3 Å². The van der Waals surface area contributed by atoms with Gasteiger partial charge in [-0.2, -0.15) is 0 Å². The fourth-order valence-corrected chi connectivity index (χ4v) is 8.11. The largest absolute Gasteiger partial charge is 0.508 e. The van der Waals surface area contributed by atoms with Crippen LogP contribution in [0.3, 0.4) is 0 Å². The zero-order valence-electron chi connectivity index (χ0n) is 22.0. The minimum Gasteiger partial charge on any atom is -0.508 e. The van der Waals surface area contributed by atoms with Crippen LogP contribution in [0, 0.1) is 23.2 Å². The van der Waals surface area contributed by atoms with E-state index in [0.29, 0.717) is 34.7 Å². The molecule has 3 unspecified atom stereocenters. The smallest absolute Gasteiger partial charge is 0.252 e. The number of rotatable bonds is 9. The second kappa shape index (κ2) is 10.0. The second-order valence-electron chi connectivity index (χ2n) is 12.3. The highest BCUT2D eigenvalue weighted by Crippen LogP contribution is 2.66. The molecule has 2 fully saturated rings. The maximum atomic E-state index is 12.7. The van der Waals surface area contributed by atoms with Crippen molar-refractivity contribution < 1.29 is 9.90 Å². The van der Waals surface area contributed by atoms with Gasteiger partial charge in [0.25, 0.3) is 5.91 Å². The molecule has 0 heterocycles. The summed E-state index contributed by atoms with van der Waals surface area (Å²) in [5.74, 6) is 2.35. The number of carbonyl (C=O) groups excluding carboxylic acids is 1. The topological polar surface area (TPSA) is 52.6 Å². The van der Waals surface area contributed by atoms with Crippen LogP contribution < -0.4 is 5.32 Å². The average Bonchev–Trinajstić information content (AvgIpc) is 3.53. The highest BCUT2D eigenvalue weighted by atomic mass is 35.5. The van der Waals surface area contributed by atoms with Crippen LogP contribution in [0.5, 0.6) is 5.75 Å². The highest BCUT2D eigenvalue weighted by molar-refractivity contribution is 6.33. The van der Waals surface area contributed by atoms with E-state index in [4.69, 9.17) is 11.6 Å². The molecule has 0 aliphatic heterocycles. The van der Waals surface area contributed by atoms with Crippen LogP contribution in [-0.2, 0) is 11.8 Å². The molecule has 2 N–H and O–H groups in total. The Morgan fingerprint density at radius 1 is 1.17 bits per heavy atom. The van der Waals surface area contributed by atoms with Crippen LogP contribution in [-0.4, -0.2) is 42.6 Å². The van der Waals surface area contributed by atoms with Gasteiger partial charge in [0.05, 0.1) is 10.6 Å². The third kappa shape index (κ3) is 4.79. The Morgan fingerprint density at radius 2 is 1.94 bits per heavy atom. The molecule has 5 heteroatoms. The van der Waals surface area contributed by atoms with Gasteiger partial charge >= 0.3 is 0 Å². The van der Waals surface area contributed by atoms with E-state index in [0.717, 1.165) is 31.7 Å². The molecule has 3 aliphatic carbocycles. The Morgan fingerprint density at radius 3 is 2.69 bits per heavy atom. The summed E-state index contributed by atoms with van der Waals surface area (Å²) >= 11 is 6.22. The number of hydrogen-bond acceptors (Lipinski definition) is 3. The van der Waals surface area contributed by atoms with E-state index < -0.39 is 0 Å². The van der Waals surface area contributed by atoms with Gasteiger partial charge in [-0.05, 0) is 111 Å². The number of nitrogens with one attached hydrogen (secondary N) is 1. The SMILES string of the molecule is C[C@H]1CC(C)(CCCNC(=O)c2ccccc2Cl)C2(C1)c1cc(O)ccc1CC2CN(C)CC1CC1. The maximum Gasteiger partial charge on any atom is 0.252 e.